The van der Waals surface area contributed by atoms with Gasteiger partial charge in [-0.3, -0.25) is 4.79 Å². The Morgan fingerprint density at radius 2 is 1.71 bits per heavy atom. The Hall–Kier alpha value is -2.40. The summed E-state index contributed by atoms with van der Waals surface area (Å²) in [5, 5.41) is 13.4. The number of nitrogens with one attached hydrogen (secondary N) is 1. The number of carbonyl (C=O) groups excluding carboxylic acids is 1. The number of hydrogen-bond donors (Lipinski definition) is 2. The van der Waals surface area contributed by atoms with E-state index in [1.54, 1.807) is 12.1 Å². The molecule has 0 aromatic heterocycles. The van der Waals surface area contributed by atoms with Gasteiger partial charge < -0.3 is 15.3 Å². The number of nitrogens with zero attached hydrogens (tertiary/aromatic N) is 1. The summed E-state index contributed by atoms with van der Waals surface area (Å²) in [4.78, 5) is 25.8. The molecule has 0 bridgehead atoms. The third-order valence-corrected chi connectivity index (χ3v) is 16.5. The number of benzene rings is 1. The Labute approximate surface area is 290 Å². The fourth-order valence-corrected chi connectivity index (χ4v) is 14.0. The number of hydrogen-bond acceptors (Lipinski definition) is 3. The molecule has 262 valence electrons. The molecule has 6 aliphatic rings. The standard InChI is InChI=1S/C43H62N2O3/c1-28(2)31-16-21-43(27-44-24-26-45-25-8-9-36(45)46)23-22-41(6)33(37(31)43)14-15-35-40(5)19-17-32(29-10-12-30(13-11-29)38(47)48)39(3,4)34(40)18-20-42(35,41)7/h10-13,17,31,33-35,37,44H,1,8-9,14-16,18-27H2,2-7H3,(H,47,48). The van der Waals surface area contributed by atoms with Crippen molar-refractivity contribution >= 4 is 17.4 Å². The van der Waals surface area contributed by atoms with Crippen molar-refractivity contribution in [3.05, 3.63) is 53.6 Å². The maximum Gasteiger partial charge on any atom is 0.335 e. The molecule has 1 aliphatic heterocycles. The number of amides is 1. The van der Waals surface area contributed by atoms with Crippen LogP contribution >= 0.6 is 0 Å². The Kier molecular flexibility index (Phi) is 8.41. The van der Waals surface area contributed by atoms with Crippen molar-refractivity contribution < 1.29 is 14.7 Å². The second-order valence-corrected chi connectivity index (χ2v) is 18.6. The summed E-state index contributed by atoms with van der Waals surface area (Å²) in [6, 6.07) is 7.62. The lowest BCUT2D eigenvalue weighted by Gasteiger charge is -2.72. The summed E-state index contributed by atoms with van der Waals surface area (Å²) in [5.74, 6) is 2.82. The molecule has 5 nitrogen and oxygen atoms in total. The number of likely N-dealkylation sites (tertiary alicyclic amines) is 1. The normalized spacial score (nSPS) is 41.5. The molecule has 5 aliphatic carbocycles. The minimum absolute atomic E-state index is 0.0282. The van der Waals surface area contributed by atoms with E-state index in [2.05, 4.69) is 64.4 Å². The van der Waals surface area contributed by atoms with Crippen LogP contribution in [0.5, 0.6) is 0 Å². The van der Waals surface area contributed by atoms with Gasteiger partial charge in [0.25, 0.3) is 0 Å². The van der Waals surface area contributed by atoms with Crippen molar-refractivity contribution in [3.8, 4) is 0 Å². The second-order valence-electron chi connectivity index (χ2n) is 18.6. The molecule has 1 amide bonds. The van der Waals surface area contributed by atoms with Gasteiger partial charge in [0.2, 0.25) is 5.91 Å². The van der Waals surface area contributed by atoms with Gasteiger partial charge in [-0.2, -0.15) is 0 Å². The molecule has 2 N–H and O–H groups in total. The molecule has 1 aromatic carbocycles. The third-order valence-electron chi connectivity index (χ3n) is 16.5. The maximum atomic E-state index is 12.2. The molecule has 1 saturated heterocycles. The lowest BCUT2D eigenvalue weighted by molar-refractivity contribution is -0.225. The number of aromatic carboxylic acids is 1. The average molecular weight is 655 g/mol. The van der Waals surface area contributed by atoms with Crippen LogP contribution in [0.4, 0.5) is 0 Å². The predicted octanol–water partition coefficient (Wildman–Crippen LogP) is 9.25. The van der Waals surface area contributed by atoms with Crippen LogP contribution in [0.3, 0.4) is 0 Å². The second kappa shape index (κ2) is 11.8. The summed E-state index contributed by atoms with van der Waals surface area (Å²) >= 11 is 0. The van der Waals surface area contributed by atoms with Crippen molar-refractivity contribution in [1.82, 2.24) is 10.2 Å². The molecule has 5 heteroatoms. The van der Waals surface area contributed by atoms with Crippen LogP contribution in [0.25, 0.3) is 5.57 Å². The molecule has 9 unspecified atom stereocenters. The lowest BCUT2D eigenvalue weighted by Crippen LogP contribution is -2.65. The number of carboxylic acid groups (broad SMARTS) is 1. The minimum Gasteiger partial charge on any atom is -0.478 e. The number of allylic oxidation sites excluding steroid dienone is 3. The highest BCUT2D eigenvalue weighted by Crippen LogP contribution is 2.77. The van der Waals surface area contributed by atoms with E-state index >= 15 is 0 Å². The highest BCUT2D eigenvalue weighted by atomic mass is 16.4. The topological polar surface area (TPSA) is 69.6 Å². The van der Waals surface area contributed by atoms with Crippen LogP contribution in [0.1, 0.15) is 128 Å². The largest absolute Gasteiger partial charge is 0.478 e. The molecule has 48 heavy (non-hydrogen) atoms. The summed E-state index contributed by atoms with van der Waals surface area (Å²) in [6.07, 6.45) is 15.9. The Bertz CT molecular complexity index is 1490. The van der Waals surface area contributed by atoms with Crippen LogP contribution in [0.2, 0.25) is 0 Å². The molecule has 9 atom stereocenters. The molecule has 4 saturated carbocycles. The van der Waals surface area contributed by atoms with Gasteiger partial charge in [-0.25, -0.2) is 4.79 Å². The van der Waals surface area contributed by atoms with Crippen molar-refractivity contribution in [2.24, 2.45) is 56.7 Å². The van der Waals surface area contributed by atoms with Crippen molar-refractivity contribution in [2.75, 3.05) is 26.2 Å². The quantitative estimate of drug-likeness (QED) is 0.217. The van der Waals surface area contributed by atoms with Crippen LogP contribution in [-0.2, 0) is 4.79 Å². The Morgan fingerprint density at radius 1 is 0.958 bits per heavy atom. The smallest absolute Gasteiger partial charge is 0.335 e. The maximum absolute atomic E-state index is 12.2. The summed E-state index contributed by atoms with van der Waals surface area (Å²) in [6.45, 7) is 23.7. The van der Waals surface area contributed by atoms with E-state index in [0.717, 1.165) is 51.4 Å². The number of carboxylic acids is 1. The molecule has 5 fully saturated rings. The molecule has 7 rings (SSSR count). The Balaban J connectivity index is 1.15. The fraction of sp³-hybridized carbons (Fsp3) is 0.721. The first-order valence-electron chi connectivity index (χ1n) is 19.4. The van der Waals surface area contributed by atoms with E-state index in [-0.39, 0.29) is 10.8 Å². The minimum atomic E-state index is -0.861. The van der Waals surface area contributed by atoms with Crippen LogP contribution in [-0.4, -0.2) is 48.1 Å². The number of carbonyl (C=O) groups is 2. The van der Waals surface area contributed by atoms with Crippen molar-refractivity contribution in [1.29, 1.82) is 0 Å². The zero-order valence-electron chi connectivity index (χ0n) is 30.8. The van der Waals surface area contributed by atoms with Gasteiger partial charge in [0, 0.05) is 32.6 Å². The SMILES string of the molecule is C=C(C)C1CCC2(CNCCN3CCCC3=O)CCC3(C)C(CCC4C5(C)CC=C(c6ccc(C(=O)O)cc6)C(C)(C)C5CCC43C)C12. The monoisotopic (exact) mass is 654 g/mol. The van der Waals surface area contributed by atoms with E-state index < -0.39 is 5.97 Å². The zero-order valence-corrected chi connectivity index (χ0v) is 30.8. The first-order chi connectivity index (χ1) is 22.7. The highest BCUT2D eigenvalue weighted by molar-refractivity contribution is 5.88. The first kappa shape index (κ1) is 34.1. The van der Waals surface area contributed by atoms with Crippen molar-refractivity contribution in [2.45, 2.75) is 112 Å². The van der Waals surface area contributed by atoms with Gasteiger partial charge in [-0.1, -0.05) is 65.0 Å². The average Bonchev–Trinajstić information content (AvgIpc) is 3.63. The summed E-state index contributed by atoms with van der Waals surface area (Å²) in [5.41, 5.74) is 5.60. The first-order valence-corrected chi connectivity index (χ1v) is 19.4. The number of rotatable bonds is 8. The molecule has 0 spiro atoms. The molecular formula is C43H62N2O3. The van der Waals surface area contributed by atoms with E-state index in [1.165, 1.54) is 68.1 Å². The fourth-order valence-electron chi connectivity index (χ4n) is 14.0. The van der Waals surface area contributed by atoms with Crippen molar-refractivity contribution in [3.63, 3.8) is 0 Å². The van der Waals surface area contributed by atoms with Gasteiger partial charge in [0.05, 0.1) is 5.56 Å². The van der Waals surface area contributed by atoms with Gasteiger partial charge >= 0.3 is 5.97 Å². The number of fused-ring (bicyclic) bond motifs is 7. The molecule has 1 aromatic rings. The Morgan fingerprint density at radius 3 is 2.38 bits per heavy atom. The van der Waals surface area contributed by atoms with Crippen LogP contribution < -0.4 is 5.32 Å². The van der Waals surface area contributed by atoms with Crippen LogP contribution in [0.15, 0.2) is 42.5 Å². The lowest BCUT2D eigenvalue weighted by atomic mass is 9.32. The van der Waals surface area contributed by atoms with E-state index in [9.17, 15) is 14.7 Å². The van der Waals surface area contributed by atoms with Gasteiger partial charge in [0.1, 0.15) is 0 Å². The van der Waals surface area contributed by atoms with Gasteiger partial charge in [0.15, 0.2) is 0 Å². The van der Waals surface area contributed by atoms with Gasteiger partial charge in [-0.15, -0.1) is 0 Å². The van der Waals surface area contributed by atoms with E-state index in [1.807, 2.05) is 12.1 Å². The van der Waals surface area contributed by atoms with E-state index in [4.69, 9.17) is 0 Å². The highest BCUT2D eigenvalue weighted by Gasteiger charge is 2.70. The summed E-state index contributed by atoms with van der Waals surface area (Å²) in [7, 11) is 0. The van der Waals surface area contributed by atoms with E-state index in [0.29, 0.717) is 51.4 Å². The predicted molar refractivity (Wildman–Crippen MR) is 194 cm³/mol. The summed E-state index contributed by atoms with van der Waals surface area (Å²) < 4.78 is 0. The van der Waals surface area contributed by atoms with Gasteiger partial charge in [-0.05, 0) is 151 Å². The third kappa shape index (κ3) is 4.94. The molecule has 1 heterocycles. The molecular weight excluding hydrogens is 592 g/mol. The van der Waals surface area contributed by atoms with Crippen LogP contribution in [0, 0.1) is 56.7 Å². The zero-order chi connectivity index (χ0) is 34.3. The molecule has 0 radical (unpaired) electrons.